The van der Waals surface area contributed by atoms with Gasteiger partial charge in [0.25, 0.3) is 0 Å². The highest BCUT2D eigenvalue weighted by Gasteiger charge is 2.16. The second kappa shape index (κ2) is 7.09. The molecule has 0 aliphatic carbocycles. The van der Waals surface area contributed by atoms with Crippen LogP contribution >= 0.6 is 0 Å². The second-order valence-corrected chi connectivity index (χ2v) is 6.07. The molecule has 0 spiro atoms. The van der Waals surface area contributed by atoms with E-state index in [4.69, 9.17) is 9.47 Å². The molecule has 1 heterocycles. The smallest absolute Gasteiger partial charge is 0.120 e. The van der Waals surface area contributed by atoms with Crippen molar-refractivity contribution in [3.63, 3.8) is 0 Å². The summed E-state index contributed by atoms with van der Waals surface area (Å²) in [5.74, 6) is 1.75. The van der Waals surface area contributed by atoms with Crippen LogP contribution in [-0.2, 0) is 7.05 Å². The van der Waals surface area contributed by atoms with Gasteiger partial charge in [0.2, 0.25) is 0 Å². The van der Waals surface area contributed by atoms with E-state index in [0.29, 0.717) is 0 Å². The number of methoxy groups -OCH3 is 2. The lowest BCUT2D eigenvalue weighted by Gasteiger charge is -2.25. The van der Waals surface area contributed by atoms with E-state index in [1.165, 1.54) is 22.3 Å². The topological polar surface area (TPSA) is 26.6 Å². The zero-order valence-electron chi connectivity index (χ0n) is 15.7. The van der Waals surface area contributed by atoms with Gasteiger partial charge in [0, 0.05) is 48.9 Å². The van der Waals surface area contributed by atoms with Gasteiger partial charge in [-0.05, 0) is 44.2 Å². The number of benzene rings is 2. The van der Waals surface area contributed by atoms with Gasteiger partial charge in [-0.2, -0.15) is 0 Å². The number of nitrogens with zero attached hydrogens (tertiary/aromatic N) is 2. The van der Waals surface area contributed by atoms with Crippen LogP contribution in [0.4, 0.5) is 5.69 Å². The summed E-state index contributed by atoms with van der Waals surface area (Å²) in [7, 11) is 5.52. The molecular weight excluding hydrogens is 312 g/mol. The van der Waals surface area contributed by atoms with Gasteiger partial charge in [0.05, 0.1) is 25.4 Å². The van der Waals surface area contributed by atoms with Crippen LogP contribution in [0.3, 0.4) is 0 Å². The van der Waals surface area contributed by atoms with Crippen LogP contribution < -0.4 is 14.4 Å². The summed E-state index contributed by atoms with van der Waals surface area (Å²) in [4.78, 5) is 2.36. The molecule has 0 aliphatic rings. The molecule has 132 valence electrons. The fraction of sp³-hybridized carbons (Fsp3) is 0.333. The lowest BCUT2D eigenvalue weighted by atomic mass is 10.1. The van der Waals surface area contributed by atoms with Gasteiger partial charge in [-0.15, -0.1) is 0 Å². The molecule has 0 saturated carbocycles. The van der Waals surface area contributed by atoms with Crippen molar-refractivity contribution in [3.05, 3.63) is 42.5 Å². The Kier molecular flexibility index (Phi) is 4.88. The molecule has 25 heavy (non-hydrogen) atoms. The van der Waals surface area contributed by atoms with Crippen molar-refractivity contribution >= 4 is 16.6 Å². The van der Waals surface area contributed by atoms with Crippen LogP contribution in [0.25, 0.3) is 22.2 Å². The summed E-state index contributed by atoms with van der Waals surface area (Å²) in [5.41, 5.74) is 4.76. The molecule has 0 radical (unpaired) electrons. The van der Waals surface area contributed by atoms with Crippen LogP contribution in [0, 0.1) is 0 Å². The Labute approximate surface area is 149 Å². The molecule has 4 nitrogen and oxygen atoms in total. The zero-order valence-corrected chi connectivity index (χ0v) is 15.7. The molecule has 0 atom stereocenters. The number of anilines is 1. The fourth-order valence-corrected chi connectivity index (χ4v) is 3.38. The number of aryl methyl sites for hydroxylation is 1. The number of ether oxygens (including phenoxy) is 2. The molecule has 0 bridgehead atoms. The van der Waals surface area contributed by atoms with Crippen molar-refractivity contribution in [1.29, 1.82) is 0 Å². The Morgan fingerprint density at radius 3 is 2.16 bits per heavy atom. The van der Waals surface area contributed by atoms with E-state index in [2.05, 4.69) is 60.7 Å². The molecule has 0 saturated heterocycles. The van der Waals surface area contributed by atoms with E-state index in [1.54, 1.807) is 14.2 Å². The minimum absolute atomic E-state index is 0.874. The Bertz CT molecular complexity index is 879. The molecular formula is C21H26N2O2. The average molecular weight is 338 g/mol. The first kappa shape index (κ1) is 17.2. The standard InChI is InChI=1S/C21H26N2O2/c1-6-23(7-2)21-14-17(25-5)10-11-18(21)20-12-15-8-9-16(24-4)13-19(15)22(20)3/h8-14H,6-7H2,1-5H3. The van der Waals surface area contributed by atoms with Crippen molar-refractivity contribution in [2.75, 3.05) is 32.2 Å². The molecule has 4 heteroatoms. The normalized spacial score (nSPS) is 10.9. The summed E-state index contributed by atoms with van der Waals surface area (Å²) in [6.07, 6.45) is 0. The van der Waals surface area contributed by atoms with Gasteiger partial charge in [-0.3, -0.25) is 0 Å². The van der Waals surface area contributed by atoms with Gasteiger partial charge in [0.15, 0.2) is 0 Å². The first-order valence-corrected chi connectivity index (χ1v) is 8.69. The minimum Gasteiger partial charge on any atom is -0.497 e. The Balaban J connectivity index is 2.21. The summed E-state index contributed by atoms with van der Waals surface area (Å²) in [5, 5.41) is 1.21. The van der Waals surface area contributed by atoms with Gasteiger partial charge in [-0.1, -0.05) is 0 Å². The fourth-order valence-electron chi connectivity index (χ4n) is 3.38. The minimum atomic E-state index is 0.874. The Morgan fingerprint density at radius 1 is 0.880 bits per heavy atom. The largest absolute Gasteiger partial charge is 0.497 e. The van der Waals surface area contributed by atoms with Crippen molar-refractivity contribution in [2.24, 2.45) is 7.05 Å². The molecule has 0 N–H and O–H groups in total. The van der Waals surface area contributed by atoms with E-state index in [0.717, 1.165) is 30.1 Å². The maximum absolute atomic E-state index is 5.45. The molecule has 2 aromatic carbocycles. The third-order valence-corrected chi connectivity index (χ3v) is 4.84. The van der Waals surface area contributed by atoms with Crippen LogP contribution in [-0.4, -0.2) is 31.9 Å². The van der Waals surface area contributed by atoms with Crippen LogP contribution in [0.15, 0.2) is 42.5 Å². The number of aromatic nitrogens is 1. The van der Waals surface area contributed by atoms with Crippen molar-refractivity contribution in [2.45, 2.75) is 13.8 Å². The highest BCUT2D eigenvalue weighted by molar-refractivity contribution is 5.91. The number of hydrogen-bond donors (Lipinski definition) is 0. The zero-order chi connectivity index (χ0) is 18.0. The Morgan fingerprint density at radius 2 is 1.52 bits per heavy atom. The molecule has 0 fully saturated rings. The maximum atomic E-state index is 5.45. The molecule has 0 aliphatic heterocycles. The third kappa shape index (κ3) is 3.04. The monoisotopic (exact) mass is 338 g/mol. The van der Waals surface area contributed by atoms with Crippen LogP contribution in [0.5, 0.6) is 11.5 Å². The van der Waals surface area contributed by atoms with Gasteiger partial charge < -0.3 is 18.9 Å². The number of hydrogen-bond acceptors (Lipinski definition) is 3. The predicted octanol–water partition coefficient (Wildman–Crippen LogP) is 4.71. The van der Waals surface area contributed by atoms with Crippen molar-refractivity contribution in [3.8, 4) is 22.8 Å². The Hall–Kier alpha value is -2.62. The summed E-state index contributed by atoms with van der Waals surface area (Å²) < 4.78 is 13.1. The molecule has 0 unspecified atom stereocenters. The quantitative estimate of drug-likeness (QED) is 0.651. The first-order chi connectivity index (χ1) is 12.1. The summed E-state index contributed by atoms with van der Waals surface area (Å²) >= 11 is 0. The van der Waals surface area contributed by atoms with Crippen molar-refractivity contribution < 1.29 is 9.47 Å². The highest BCUT2D eigenvalue weighted by Crippen LogP contribution is 2.37. The third-order valence-electron chi connectivity index (χ3n) is 4.84. The maximum Gasteiger partial charge on any atom is 0.120 e. The highest BCUT2D eigenvalue weighted by atomic mass is 16.5. The average Bonchev–Trinajstić information content (AvgIpc) is 2.98. The van der Waals surface area contributed by atoms with Gasteiger partial charge in [-0.25, -0.2) is 0 Å². The lowest BCUT2D eigenvalue weighted by Crippen LogP contribution is -2.22. The van der Waals surface area contributed by atoms with Crippen molar-refractivity contribution in [1.82, 2.24) is 4.57 Å². The second-order valence-electron chi connectivity index (χ2n) is 6.07. The molecule has 3 rings (SSSR count). The molecule has 1 aromatic heterocycles. The van der Waals surface area contributed by atoms with E-state index >= 15 is 0 Å². The number of rotatable bonds is 6. The predicted molar refractivity (Wildman–Crippen MR) is 105 cm³/mol. The molecule has 0 amide bonds. The number of fused-ring (bicyclic) bond motifs is 1. The van der Waals surface area contributed by atoms with E-state index in [-0.39, 0.29) is 0 Å². The van der Waals surface area contributed by atoms with Gasteiger partial charge in [0.1, 0.15) is 11.5 Å². The lowest BCUT2D eigenvalue weighted by molar-refractivity contribution is 0.415. The van der Waals surface area contributed by atoms with Crippen LogP contribution in [0.1, 0.15) is 13.8 Å². The van der Waals surface area contributed by atoms with E-state index in [1.807, 2.05) is 12.1 Å². The van der Waals surface area contributed by atoms with Gasteiger partial charge >= 0.3 is 0 Å². The SMILES string of the molecule is CCN(CC)c1cc(OC)ccc1-c1cc2ccc(OC)cc2n1C. The van der Waals surface area contributed by atoms with E-state index in [9.17, 15) is 0 Å². The first-order valence-electron chi connectivity index (χ1n) is 8.69. The summed E-state index contributed by atoms with van der Waals surface area (Å²) in [6.45, 7) is 6.26. The van der Waals surface area contributed by atoms with E-state index < -0.39 is 0 Å². The molecule has 3 aromatic rings. The van der Waals surface area contributed by atoms with Crippen LogP contribution in [0.2, 0.25) is 0 Å². The summed E-state index contributed by atoms with van der Waals surface area (Å²) in [6, 6.07) is 14.7.